The number of thiophene rings is 1. The number of fused-ring (bicyclic) bond motifs is 1. The summed E-state index contributed by atoms with van der Waals surface area (Å²) in [6, 6.07) is 5.54. The number of benzene rings is 1. The summed E-state index contributed by atoms with van der Waals surface area (Å²) < 4.78 is 24.0. The molecule has 1 heterocycles. The summed E-state index contributed by atoms with van der Waals surface area (Å²) in [7, 11) is 0. The molecule has 150 valence electrons. The van der Waals surface area contributed by atoms with Crippen molar-refractivity contribution in [3.8, 4) is 5.75 Å². The van der Waals surface area contributed by atoms with Gasteiger partial charge in [0.15, 0.2) is 6.10 Å². The predicted octanol–water partition coefficient (Wildman–Crippen LogP) is 4.74. The highest BCUT2D eigenvalue weighted by molar-refractivity contribution is 7.17. The van der Waals surface area contributed by atoms with Gasteiger partial charge in [0, 0.05) is 4.88 Å². The zero-order valence-electron chi connectivity index (χ0n) is 16.0. The molecule has 2 aromatic rings. The van der Waals surface area contributed by atoms with E-state index in [2.05, 4.69) is 5.32 Å². The van der Waals surface area contributed by atoms with Crippen LogP contribution in [0.2, 0.25) is 0 Å². The molecule has 1 aliphatic rings. The Bertz CT molecular complexity index is 847. The molecule has 7 heteroatoms. The smallest absolute Gasteiger partial charge is 0.341 e. The number of aryl methyl sites for hydroxylation is 1. The van der Waals surface area contributed by atoms with Gasteiger partial charge in [-0.15, -0.1) is 11.3 Å². The van der Waals surface area contributed by atoms with Crippen molar-refractivity contribution in [1.82, 2.24) is 0 Å². The van der Waals surface area contributed by atoms with E-state index in [1.165, 1.54) is 35.6 Å². The lowest BCUT2D eigenvalue weighted by Gasteiger charge is -2.17. The Hall–Kier alpha value is -2.41. The van der Waals surface area contributed by atoms with Gasteiger partial charge in [-0.2, -0.15) is 0 Å². The van der Waals surface area contributed by atoms with Crippen molar-refractivity contribution in [2.45, 2.75) is 52.1 Å². The van der Waals surface area contributed by atoms with Gasteiger partial charge in [-0.05, 0) is 68.9 Å². The molecule has 0 saturated heterocycles. The van der Waals surface area contributed by atoms with E-state index in [1.807, 2.05) is 6.92 Å². The summed E-state index contributed by atoms with van der Waals surface area (Å²) in [5, 5.41) is 3.39. The SMILES string of the molecule is CCOC(=O)c1c(NC(=O)[C@H](CC)Oc2ccc(F)cc2)sc2c1CCCC2. The topological polar surface area (TPSA) is 64.6 Å². The van der Waals surface area contributed by atoms with Gasteiger partial charge in [0.05, 0.1) is 12.2 Å². The number of halogens is 1. The molecule has 0 radical (unpaired) electrons. The Balaban J connectivity index is 1.80. The first-order valence-electron chi connectivity index (χ1n) is 9.58. The zero-order chi connectivity index (χ0) is 20.1. The van der Waals surface area contributed by atoms with Crippen LogP contribution < -0.4 is 10.1 Å². The number of hydrogen-bond donors (Lipinski definition) is 1. The van der Waals surface area contributed by atoms with Crippen LogP contribution >= 0.6 is 11.3 Å². The van der Waals surface area contributed by atoms with E-state index in [0.29, 0.717) is 22.7 Å². The van der Waals surface area contributed by atoms with Gasteiger partial charge in [-0.25, -0.2) is 9.18 Å². The Kier molecular flexibility index (Phi) is 6.67. The minimum Gasteiger partial charge on any atom is -0.481 e. The standard InChI is InChI=1S/C21H24FNO4S/c1-3-16(27-14-11-9-13(22)10-12-14)19(24)23-20-18(21(25)26-4-2)15-7-5-6-8-17(15)28-20/h9-12,16H,3-8H2,1-2H3,(H,23,24)/t16-/m0/s1. The molecule has 1 amide bonds. The summed E-state index contributed by atoms with van der Waals surface area (Å²) in [6.45, 7) is 3.88. The molecule has 1 aromatic carbocycles. The molecular formula is C21H24FNO4S. The summed E-state index contributed by atoms with van der Waals surface area (Å²) in [5.74, 6) is -0.687. The minimum atomic E-state index is -0.750. The third kappa shape index (κ3) is 4.52. The van der Waals surface area contributed by atoms with Crippen LogP contribution in [0.1, 0.15) is 53.9 Å². The molecule has 0 spiro atoms. The van der Waals surface area contributed by atoms with Gasteiger partial charge in [0.1, 0.15) is 16.6 Å². The maximum absolute atomic E-state index is 13.1. The number of anilines is 1. The van der Waals surface area contributed by atoms with Crippen molar-refractivity contribution in [2.75, 3.05) is 11.9 Å². The molecule has 3 rings (SSSR count). The number of ether oxygens (including phenoxy) is 2. The van der Waals surface area contributed by atoms with Crippen molar-refractivity contribution >= 4 is 28.2 Å². The van der Waals surface area contributed by atoms with Crippen LogP contribution in [0.4, 0.5) is 9.39 Å². The quantitative estimate of drug-likeness (QED) is 0.676. The van der Waals surface area contributed by atoms with Crippen LogP contribution in [0.3, 0.4) is 0 Å². The second kappa shape index (κ2) is 9.19. The first kappa shape index (κ1) is 20.3. The Labute approximate surface area is 167 Å². The first-order chi connectivity index (χ1) is 13.5. The van der Waals surface area contributed by atoms with E-state index in [0.717, 1.165) is 36.1 Å². The Morgan fingerprint density at radius 2 is 1.89 bits per heavy atom. The second-order valence-corrected chi connectivity index (χ2v) is 7.70. The fourth-order valence-corrected chi connectivity index (χ4v) is 4.55. The van der Waals surface area contributed by atoms with Crippen molar-refractivity contribution in [3.63, 3.8) is 0 Å². The molecule has 1 aromatic heterocycles. The van der Waals surface area contributed by atoms with E-state index in [-0.39, 0.29) is 18.3 Å². The average Bonchev–Trinajstić information content (AvgIpc) is 3.05. The summed E-state index contributed by atoms with van der Waals surface area (Å²) in [5.41, 5.74) is 1.48. The summed E-state index contributed by atoms with van der Waals surface area (Å²) >= 11 is 1.44. The second-order valence-electron chi connectivity index (χ2n) is 6.59. The van der Waals surface area contributed by atoms with Crippen molar-refractivity contribution < 1.29 is 23.5 Å². The highest BCUT2D eigenvalue weighted by Gasteiger charge is 2.29. The molecule has 0 bridgehead atoms. The maximum Gasteiger partial charge on any atom is 0.341 e. The van der Waals surface area contributed by atoms with Crippen LogP contribution in [0.25, 0.3) is 0 Å². The third-order valence-corrected chi connectivity index (χ3v) is 5.85. The fraction of sp³-hybridized carbons (Fsp3) is 0.429. The van der Waals surface area contributed by atoms with Gasteiger partial charge in [0.25, 0.3) is 5.91 Å². The first-order valence-corrected chi connectivity index (χ1v) is 10.4. The van der Waals surface area contributed by atoms with Gasteiger partial charge in [-0.1, -0.05) is 6.92 Å². The number of nitrogens with one attached hydrogen (secondary N) is 1. The van der Waals surface area contributed by atoms with E-state index in [1.54, 1.807) is 6.92 Å². The summed E-state index contributed by atoms with van der Waals surface area (Å²) in [4.78, 5) is 26.4. The molecule has 5 nitrogen and oxygen atoms in total. The molecule has 0 unspecified atom stereocenters. The van der Waals surface area contributed by atoms with E-state index in [9.17, 15) is 14.0 Å². The van der Waals surface area contributed by atoms with Gasteiger partial charge in [0.2, 0.25) is 0 Å². The summed E-state index contributed by atoms with van der Waals surface area (Å²) in [6.07, 6.45) is 3.51. The molecule has 1 aliphatic carbocycles. The zero-order valence-corrected chi connectivity index (χ0v) is 16.9. The monoisotopic (exact) mass is 405 g/mol. The number of esters is 1. The highest BCUT2D eigenvalue weighted by Crippen LogP contribution is 2.38. The highest BCUT2D eigenvalue weighted by atomic mass is 32.1. The van der Waals surface area contributed by atoms with Crippen LogP contribution in [0.15, 0.2) is 24.3 Å². The van der Waals surface area contributed by atoms with Gasteiger partial charge < -0.3 is 14.8 Å². The van der Waals surface area contributed by atoms with Crippen molar-refractivity contribution in [3.05, 3.63) is 46.1 Å². The Morgan fingerprint density at radius 3 is 2.57 bits per heavy atom. The molecule has 0 fully saturated rings. The lowest BCUT2D eigenvalue weighted by atomic mass is 9.95. The molecule has 28 heavy (non-hydrogen) atoms. The minimum absolute atomic E-state index is 0.280. The number of hydrogen-bond acceptors (Lipinski definition) is 5. The molecule has 0 saturated carbocycles. The molecule has 1 N–H and O–H groups in total. The normalized spacial score (nSPS) is 14.1. The van der Waals surface area contributed by atoms with Crippen LogP contribution in [-0.2, 0) is 22.4 Å². The Morgan fingerprint density at radius 1 is 1.18 bits per heavy atom. The fourth-order valence-electron chi connectivity index (χ4n) is 3.27. The van der Waals surface area contributed by atoms with Crippen LogP contribution in [0.5, 0.6) is 5.75 Å². The molecule has 0 aliphatic heterocycles. The average molecular weight is 405 g/mol. The van der Waals surface area contributed by atoms with E-state index < -0.39 is 12.1 Å². The number of carbonyl (C=O) groups excluding carboxylic acids is 2. The lowest BCUT2D eigenvalue weighted by Crippen LogP contribution is -2.32. The maximum atomic E-state index is 13.1. The van der Waals surface area contributed by atoms with Crippen LogP contribution in [0, 0.1) is 5.82 Å². The predicted molar refractivity (Wildman–Crippen MR) is 107 cm³/mol. The number of amides is 1. The van der Waals surface area contributed by atoms with Crippen LogP contribution in [-0.4, -0.2) is 24.6 Å². The van der Waals surface area contributed by atoms with E-state index in [4.69, 9.17) is 9.47 Å². The van der Waals surface area contributed by atoms with Gasteiger partial charge >= 0.3 is 5.97 Å². The number of rotatable bonds is 7. The third-order valence-electron chi connectivity index (χ3n) is 4.64. The molecule has 1 atom stereocenters. The lowest BCUT2D eigenvalue weighted by molar-refractivity contribution is -0.122. The van der Waals surface area contributed by atoms with Crippen molar-refractivity contribution in [2.24, 2.45) is 0 Å². The number of carbonyl (C=O) groups is 2. The van der Waals surface area contributed by atoms with E-state index >= 15 is 0 Å². The molecular weight excluding hydrogens is 381 g/mol. The largest absolute Gasteiger partial charge is 0.481 e. The van der Waals surface area contributed by atoms with Gasteiger partial charge in [-0.3, -0.25) is 4.79 Å². The van der Waals surface area contributed by atoms with Crippen molar-refractivity contribution in [1.29, 1.82) is 0 Å².